The molecule has 0 radical (unpaired) electrons. The van der Waals surface area contributed by atoms with Crippen molar-refractivity contribution in [3.63, 3.8) is 0 Å². The molecule has 1 aromatic rings. The Balaban J connectivity index is 2.15. The van der Waals surface area contributed by atoms with Gasteiger partial charge in [0.25, 0.3) is 0 Å². The van der Waals surface area contributed by atoms with E-state index in [0.717, 1.165) is 12.5 Å². The molecule has 2 atom stereocenters. The second-order valence-electron chi connectivity index (χ2n) is 6.70. The Kier molecular flexibility index (Phi) is 3.07. The number of hydrogen-bond acceptors (Lipinski definition) is 1. The van der Waals surface area contributed by atoms with Crippen LogP contribution in [0.25, 0.3) is 0 Å². The number of hydrogen-bond donors (Lipinski definition) is 1. The first-order chi connectivity index (χ1) is 7.88. The van der Waals surface area contributed by atoms with E-state index in [1.807, 2.05) is 7.05 Å². The van der Waals surface area contributed by atoms with Gasteiger partial charge in [-0.2, -0.15) is 0 Å². The first-order valence-electron chi connectivity index (χ1n) is 6.63. The molecule has 1 N–H and O–H groups in total. The van der Waals surface area contributed by atoms with Crippen LogP contribution >= 0.6 is 0 Å². The highest BCUT2D eigenvalue weighted by Crippen LogP contribution is 2.53. The fraction of sp³-hybridized carbons (Fsp3) is 0.625. The molecule has 1 aromatic carbocycles. The third kappa shape index (κ3) is 2.40. The minimum Gasteiger partial charge on any atom is -0.319 e. The summed E-state index contributed by atoms with van der Waals surface area (Å²) in [5.41, 5.74) is 3.61. The van der Waals surface area contributed by atoms with E-state index in [1.165, 1.54) is 17.5 Å². The van der Waals surface area contributed by atoms with Crippen LogP contribution in [0.15, 0.2) is 24.3 Å². The summed E-state index contributed by atoms with van der Waals surface area (Å²) in [7, 11) is 2.04. The lowest BCUT2D eigenvalue weighted by Crippen LogP contribution is -2.16. The lowest BCUT2D eigenvalue weighted by Gasteiger charge is -2.20. The fourth-order valence-electron chi connectivity index (χ4n) is 2.70. The molecule has 0 spiro atoms. The molecule has 0 saturated heterocycles. The fourth-order valence-corrected chi connectivity index (χ4v) is 2.70. The highest BCUT2D eigenvalue weighted by atomic mass is 14.8. The van der Waals surface area contributed by atoms with Gasteiger partial charge in [0.1, 0.15) is 0 Å². The average molecular weight is 231 g/mol. The van der Waals surface area contributed by atoms with Crippen LogP contribution in [0.1, 0.15) is 45.2 Å². The lowest BCUT2D eigenvalue weighted by molar-refractivity contribution is 0.587. The molecular formula is C16H25N. The molecule has 1 aliphatic carbocycles. The minimum atomic E-state index is 0.257. The zero-order valence-electron chi connectivity index (χ0n) is 11.8. The Morgan fingerprint density at radius 1 is 1.24 bits per heavy atom. The van der Waals surface area contributed by atoms with E-state index in [2.05, 4.69) is 57.3 Å². The van der Waals surface area contributed by atoms with Crippen LogP contribution in [0.4, 0.5) is 0 Å². The van der Waals surface area contributed by atoms with Crippen LogP contribution in [0.5, 0.6) is 0 Å². The van der Waals surface area contributed by atoms with Gasteiger partial charge < -0.3 is 5.32 Å². The van der Waals surface area contributed by atoms with Crippen LogP contribution in [0.2, 0.25) is 0 Å². The number of benzene rings is 1. The maximum absolute atomic E-state index is 3.29. The second kappa shape index (κ2) is 4.13. The summed E-state index contributed by atoms with van der Waals surface area (Å²) in [6.45, 7) is 10.3. The molecule has 0 bridgehead atoms. The quantitative estimate of drug-likeness (QED) is 0.840. The molecule has 0 aromatic heterocycles. The summed E-state index contributed by atoms with van der Waals surface area (Å²) in [4.78, 5) is 0. The van der Waals surface area contributed by atoms with Crippen LogP contribution in [-0.4, -0.2) is 13.6 Å². The molecule has 94 valence electrons. The standard InChI is InChI=1S/C16H25N/c1-15(2,3)12-6-8-13(9-7-12)16(4)10-14(16)11-17-5/h6-9,14,17H,10-11H2,1-5H3. The Bertz CT molecular complexity index is 385. The first-order valence-corrected chi connectivity index (χ1v) is 6.63. The summed E-state index contributed by atoms with van der Waals surface area (Å²) >= 11 is 0. The predicted octanol–water partition coefficient (Wildman–Crippen LogP) is 3.48. The highest BCUT2D eigenvalue weighted by molar-refractivity contribution is 5.36. The molecule has 0 amide bonds. The molecule has 17 heavy (non-hydrogen) atoms. The second-order valence-corrected chi connectivity index (χ2v) is 6.70. The molecule has 0 aliphatic heterocycles. The first kappa shape index (κ1) is 12.6. The van der Waals surface area contributed by atoms with Gasteiger partial charge in [0, 0.05) is 0 Å². The summed E-state index contributed by atoms with van der Waals surface area (Å²) in [5, 5.41) is 3.29. The van der Waals surface area contributed by atoms with E-state index in [0.29, 0.717) is 5.41 Å². The van der Waals surface area contributed by atoms with E-state index in [9.17, 15) is 0 Å². The maximum Gasteiger partial charge on any atom is -0.00148 e. The zero-order valence-corrected chi connectivity index (χ0v) is 11.8. The van der Waals surface area contributed by atoms with E-state index >= 15 is 0 Å². The number of rotatable bonds is 3. The normalized spacial score (nSPS) is 28.2. The SMILES string of the molecule is CNCC1CC1(C)c1ccc(C(C)(C)C)cc1. The molecule has 2 rings (SSSR count). The van der Waals surface area contributed by atoms with Crippen molar-refractivity contribution in [2.24, 2.45) is 5.92 Å². The van der Waals surface area contributed by atoms with E-state index in [4.69, 9.17) is 0 Å². The minimum absolute atomic E-state index is 0.257. The third-order valence-electron chi connectivity index (χ3n) is 4.27. The Hall–Kier alpha value is -0.820. The highest BCUT2D eigenvalue weighted by Gasteiger charge is 2.50. The lowest BCUT2D eigenvalue weighted by atomic mass is 9.85. The molecule has 2 unspecified atom stereocenters. The van der Waals surface area contributed by atoms with Gasteiger partial charge in [-0.1, -0.05) is 52.0 Å². The molecule has 1 heteroatoms. The molecule has 0 heterocycles. The molecular weight excluding hydrogens is 206 g/mol. The van der Waals surface area contributed by atoms with Gasteiger partial charge in [-0.05, 0) is 47.9 Å². The monoisotopic (exact) mass is 231 g/mol. The zero-order chi connectivity index (χ0) is 12.7. The van der Waals surface area contributed by atoms with Crippen molar-refractivity contribution in [2.45, 2.75) is 44.9 Å². The third-order valence-corrected chi connectivity index (χ3v) is 4.27. The topological polar surface area (TPSA) is 12.0 Å². The van der Waals surface area contributed by atoms with Gasteiger partial charge in [0.05, 0.1) is 0 Å². The summed E-state index contributed by atoms with van der Waals surface area (Å²) in [6.07, 6.45) is 1.32. The summed E-state index contributed by atoms with van der Waals surface area (Å²) in [5.74, 6) is 0.813. The van der Waals surface area contributed by atoms with Crippen molar-refractivity contribution in [3.8, 4) is 0 Å². The number of nitrogens with one attached hydrogen (secondary N) is 1. The van der Waals surface area contributed by atoms with Gasteiger partial charge in [-0.15, -0.1) is 0 Å². The van der Waals surface area contributed by atoms with Gasteiger partial charge in [0.2, 0.25) is 0 Å². The Morgan fingerprint density at radius 3 is 2.29 bits per heavy atom. The van der Waals surface area contributed by atoms with Gasteiger partial charge >= 0.3 is 0 Å². The van der Waals surface area contributed by atoms with Crippen molar-refractivity contribution >= 4 is 0 Å². The van der Waals surface area contributed by atoms with E-state index in [1.54, 1.807) is 0 Å². The van der Waals surface area contributed by atoms with Crippen LogP contribution in [0, 0.1) is 5.92 Å². The largest absolute Gasteiger partial charge is 0.319 e. The van der Waals surface area contributed by atoms with Crippen LogP contribution in [0.3, 0.4) is 0 Å². The van der Waals surface area contributed by atoms with Crippen molar-refractivity contribution in [1.82, 2.24) is 5.32 Å². The molecule has 1 fully saturated rings. The van der Waals surface area contributed by atoms with Crippen LogP contribution in [-0.2, 0) is 10.8 Å². The van der Waals surface area contributed by atoms with Gasteiger partial charge in [-0.25, -0.2) is 0 Å². The Labute approximate surface area is 106 Å². The maximum atomic E-state index is 3.29. The van der Waals surface area contributed by atoms with Gasteiger partial charge in [0.15, 0.2) is 0 Å². The van der Waals surface area contributed by atoms with E-state index < -0.39 is 0 Å². The Morgan fingerprint density at radius 2 is 1.82 bits per heavy atom. The molecule has 1 saturated carbocycles. The van der Waals surface area contributed by atoms with Gasteiger partial charge in [-0.3, -0.25) is 0 Å². The van der Waals surface area contributed by atoms with Crippen LogP contribution < -0.4 is 5.32 Å². The van der Waals surface area contributed by atoms with Crippen molar-refractivity contribution < 1.29 is 0 Å². The summed E-state index contributed by atoms with van der Waals surface area (Å²) < 4.78 is 0. The van der Waals surface area contributed by atoms with Crippen molar-refractivity contribution in [3.05, 3.63) is 35.4 Å². The van der Waals surface area contributed by atoms with Crippen molar-refractivity contribution in [1.29, 1.82) is 0 Å². The average Bonchev–Trinajstić information content (AvgIpc) is 2.91. The molecule has 1 nitrogen and oxygen atoms in total. The summed E-state index contributed by atoms with van der Waals surface area (Å²) in [6, 6.07) is 9.26. The predicted molar refractivity (Wildman–Crippen MR) is 74.5 cm³/mol. The van der Waals surface area contributed by atoms with Crippen molar-refractivity contribution in [2.75, 3.05) is 13.6 Å². The molecule has 1 aliphatic rings. The smallest absolute Gasteiger partial charge is 0.00148 e. The van der Waals surface area contributed by atoms with E-state index in [-0.39, 0.29) is 5.41 Å².